The zero-order valence-electron chi connectivity index (χ0n) is 10.3. The van der Waals surface area contributed by atoms with E-state index >= 15 is 0 Å². The first-order valence-electron chi connectivity index (χ1n) is 5.60. The van der Waals surface area contributed by atoms with Crippen LogP contribution in [0.3, 0.4) is 0 Å². The standard InChI is InChI=1S/C9H10BrFN2.C2HF3O2/c1-5-2-3-12-7-4-6(11)9(10)13-8(5)7;3-2(4,5)1(6)7/h4-5,12H,2-3H2,1H3;(H,6,7). The fraction of sp³-hybridized carbons (Fsp3) is 0.455. The predicted octanol–water partition coefficient (Wildman–Crippen LogP) is 0.984. The first-order chi connectivity index (χ1) is 9.12. The van der Waals surface area contributed by atoms with Gasteiger partial charge in [0, 0.05) is 18.4 Å². The Morgan fingerprint density at radius 2 is 2.10 bits per heavy atom. The number of aliphatic carboxylic acids is 1. The zero-order valence-corrected chi connectivity index (χ0v) is 11.9. The second-order valence-corrected chi connectivity index (χ2v) is 4.95. The summed E-state index contributed by atoms with van der Waals surface area (Å²) in [6, 6.07) is 1.56. The highest BCUT2D eigenvalue weighted by Gasteiger charge is 2.28. The minimum Gasteiger partial charge on any atom is -0.542 e. The SMILES string of the molecule is CC1CC[NH2+]c2cc(F)c(Br)nc21.O=C([O-])C(F)(F)F. The van der Waals surface area contributed by atoms with E-state index in [1.165, 1.54) is 0 Å². The Morgan fingerprint density at radius 1 is 1.55 bits per heavy atom. The van der Waals surface area contributed by atoms with E-state index in [0.29, 0.717) is 10.5 Å². The Morgan fingerprint density at radius 3 is 2.60 bits per heavy atom. The van der Waals surface area contributed by atoms with Gasteiger partial charge in [-0.3, -0.25) is 0 Å². The van der Waals surface area contributed by atoms with Gasteiger partial charge in [0.25, 0.3) is 0 Å². The Balaban J connectivity index is 0.000000246. The van der Waals surface area contributed by atoms with Crippen molar-refractivity contribution in [2.75, 3.05) is 6.54 Å². The molecule has 2 heterocycles. The molecule has 0 amide bonds. The van der Waals surface area contributed by atoms with Crippen molar-refractivity contribution in [3.63, 3.8) is 0 Å². The van der Waals surface area contributed by atoms with Gasteiger partial charge in [0.2, 0.25) is 0 Å². The average Bonchev–Trinajstić information content (AvgIpc) is 2.31. The van der Waals surface area contributed by atoms with E-state index in [2.05, 4.69) is 33.2 Å². The molecule has 0 bridgehead atoms. The van der Waals surface area contributed by atoms with Gasteiger partial charge in [0.15, 0.2) is 11.5 Å². The van der Waals surface area contributed by atoms with Crippen LogP contribution in [0.25, 0.3) is 0 Å². The van der Waals surface area contributed by atoms with Crippen LogP contribution >= 0.6 is 15.9 Å². The van der Waals surface area contributed by atoms with Crippen LogP contribution in [0.5, 0.6) is 0 Å². The van der Waals surface area contributed by atoms with Gasteiger partial charge < -0.3 is 15.2 Å². The van der Waals surface area contributed by atoms with E-state index in [9.17, 15) is 17.6 Å². The van der Waals surface area contributed by atoms with Gasteiger partial charge >= 0.3 is 6.18 Å². The Bertz CT molecular complexity index is 508. The van der Waals surface area contributed by atoms with Crippen LogP contribution < -0.4 is 10.4 Å². The fourth-order valence-electron chi connectivity index (χ4n) is 1.68. The van der Waals surface area contributed by atoms with Gasteiger partial charge in [0.1, 0.15) is 16.3 Å². The van der Waals surface area contributed by atoms with Crippen molar-refractivity contribution < 1.29 is 32.8 Å². The van der Waals surface area contributed by atoms with Gasteiger partial charge in [-0.2, -0.15) is 13.2 Å². The highest BCUT2D eigenvalue weighted by atomic mass is 79.9. The number of aromatic nitrogens is 1. The summed E-state index contributed by atoms with van der Waals surface area (Å²) < 4.78 is 45.0. The van der Waals surface area contributed by atoms with E-state index in [-0.39, 0.29) is 5.82 Å². The quantitative estimate of drug-likeness (QED) is 0.555. The second-order valence-electron chi connectivity index (χ2n) is 4.20. The molecule has 9 heteroatoms. The number of nitrogens with zero attached hydrogens (tertiary/aromatic N) is 1. The zero-order chi connectivity index (χ0) is 15.5. The molecule has 1 aromatic heterocycles. The van der Waals surface area contributed by atoms with Gasteiger partial charge in [-0.15, -0.1) is 0 Å². The molecule has 20 heavy (non-hydrogen) atoms. The average molecular weight is 359 g/mol. The summed E-state index contributed by atoms with van der Waals surface area (Å²) in [5.41, 5.74) is 1.97. The number of pyridine rings is 1. The molecular formula is C11H11BrF4N2O2. The lowest BCUT2D eigenvalue weighted by Crippen LogP contribution is -2.80. The molecule has 112 valence electrons. The van der Waals surface area contributed by atoms with E-state index in [1.807, 2.05) is 0 Å². The number of carbonyl (C=O) groups excluding carboxylic acids is 1. The second kappa shape index (κ2) is 6.49. The van der Waals surface area contributed by atoms with Gasteiger partial charge in [-0.25, -0.2) is 9.37 Å². The van der Waals surface area contributed by atoms with E-state index < -0.39 is 12.1 Å². The van der Waals surface area contributed by atoms with E-state index in [1.54, 1.807) is 6.07 Å². The molecule has 0 aliphatic carbocycles. The fourth-order valence-corrected chi connectivity index (χ4v) is 1.98. The van der Waals surface area contributed by atoms with Crippen LogP contribution in [0.2, 0.25) is 0 Å². The highest BCUT2D eigenvalue weighted by molar-refractivity contribution is 9.10. The molecule has 2 N–H and O–H groups in total. The van der Waals surface area contributed by atoms with Crippen molar-refractivity contribution in [3.8, 4) is 0 Å². The highest BCUT2D eigenvalue weighted by Crippen LogP contribution is 2.27. The normalized spacial score (nSPS) is 17.8. The number of alkyl halides is 3. The molecule has 4 nitrogen and oxygen atoms in total. The van der Waals surface area contributed by atoms with Gasteiger partial charge in [0.05, 0.1) is 6.54 Å². The summed E-state index contributed by atoms with van der Waals surface area (Å²) in [6.45, 7) is 3.15. The maximum absolute atomic E-state index is 13.1. The number of carboxylic acids is 1. The van der Waals surface area contributed by atoms with Crippen LogP contribution in [-0.4, -0.2) is 23.7 Å². The number of carbonyl (C=O) groups is 1. The summed E-state index contributed by atoms with van der Waals surface area (Å²) in [5, 5.41) is 10.8. The van der Waals surface area contributed by atoms with Crippen LogP contribution in [0.15, 0.2) is 10.7 Å². The molecule has 1 aliphatic rings. The number of hydrogen-bond donors (Lipinski definition) is 1. The first-order valence-corrected chi connectivity index (χ1v) is 6.39. The Labute approximate surface area is 120 Å². The summed E-state index contributed by atoms with van der Waals surface area (Å²) in [4.78, 5) is 13.0. The van der Waals surface area contributed by atoms with Gasteiger partial charge in [-0.1, -0.05) is 6.92 Å². The van der Waals surface area contributed by atoms with Crippen molar-refractivity contribution in [1.82, 2.24) is 4.98 Å². The van der Waals surface area contributed by atoms with Crippen molar-refractivity contribution in [3.05, 3.63) is 22.2 Å². The molecule has 0 fully saturated rings. The number of rotatable bonds is 0. The largest absolute Gasteiger partial charge is 0.542 e. The monoisotopic (exact) mass is 358 g/mol. The molecule has 1 aliphatic heterocycles. The molecule has 1 unspecified atom stereocenters. The van der Waals surface area contributed by atoms with Crippen molar-refractivity contribution in [2.24, 2.45) is 0 Å². The third-order valence-corrected chi connectivity index (χ3v) is 3.21. The third kappa shape index (κ3) is 4.41. The van der Waals surface area contributed by atoms with Crippen molar-refractivity contribution in [2.45, 2.75) is 25.4 Å². The lowest BCUT2D eigenvalue weighted by molar-refractivity contribution is -0.577. The molecule has 2 rings (SSSR count). The Kier molecular flexibility index (Phi) is 5.46. The molecule has 0 saturated heterocycles. The summed E-state index contributed by atoms with van der Waals surface area (Å²) >= 11 is 3.10. The molecule has 1 aromatic rings. The third-order valence-electron chi connectivity index (χ3n) is 2.66. The van der Waals surface area contributed by atoms with E-state index in [0.717, 1.165) is 24.3 Å². The van der Waals surface area contributed by atoms with Crippen molar-refractivity contribution >= 4 is 27.6 Å². The maximum atomic E-state index is 13.1. The van der Waals surface area contributed by atoms with Crippen molar-refractivity contribution in [1.29, 1.82) is 0 Å². The predicted molar refractivity (Wildman–Crippen MR) is 62.4 cm³/mol. The van der Waals surface area contributed by atoms with Crippen LogP contribution in [0, 0.1) is 5.82 Å². The maximum Gasteiger partial charge on any atom is 0.430 e. The van der Waals surface area contributed by atoms with Crippen LogP contribution in [0.1, 0.15) is 25.0 Å². The summed E-state index contributed by atoms with van der Waals surface area (Å²) in [7, 11) is 0. The Hall–Kier alpha value is -1.22. The molecule has 0 saturated carbocycles. The topological polar surface area (TPSA) is 69.6 Å². The van der Waals surface area contributed by atoms with E-state index in [4.69, 9.17) is 9.90 Å². The lowest BCUT2D eigenvalue weighted by Gasteiger charge is -2.18. The number of nitrogens with two attached hydrogens (primary N) is 1. The number of quaternary nitrogens is 1. The summed E-state index contributed by atoms with van der Waals surface area (Å²) in [5.74, 6) is -2.84. The smallest absolute Gasteiger partial charge is 0.430 e. The molecule has 0 spiro atoms. The number of fused-ring (bicyclic) bond motifs is 1. The molecular weight excluding hydrogens is 348 g/mol. The number of carboxylic acid groups (broad SMARTS) is 1. The van der Waals surface area contributed by atoms with Crippen LogP contribution in [-0.2, 0) is 4.79 Å². The summed E-state index contributed by atoms with van der Waals surface area (Å²) in [6.07, 6.45) is -4.09. The molecule has 0 radical (unpaired) electrons. The minimum atomic E-state index is -5.19. The first kappa shape index (κ1) is 16.8. The molecule has 0 aromatic carbocycles. The van der Waals surface area contributed by atoms with Gasteiger partial charge in [-0.05, 0) is 15.9 Å². The lowest BCUT2D eigenvalue weighted by atomic mass is 9.98. The number of halogens is 5. The molecule has 1 atom stereocenters. The van der Waals surface area contributed by atoms with Crippen LogP contribution in [0.4, 0.5) is 23.2 Å². The number of hydrogen-bond acceptors (Lipinski definition) is 3. The minimum absolute atomic E-state index is 0.274.